The van der Waals surface area contributed by atoms with Gasteiger partial charge in [-0.2, -0.15) is 0 Å². The van der Waals surface area contributed by atoms with Gasteiger partial charge in [-0.15, -0.1) is 0 Å². The topological polar surface area (TPSA) is 56.7 Å². The average Bonchev–Trinajstić information content (AvgIpc) is 3.95. The van der Waals surface area contributed by atoms with Gasteiger partial charge in [0, 0.05) is 44.3 Å². The van der Waals surface area contributed by atoms with Crippen LogP contribution in [0.5, 0.6) is 0 Å². The predicted molar refractivity (Wildman–Crippen MR) is 221 cm³/mol. The highest BCUT2D eigenvalue weighted by molar-refractivity contribution is 6.15. The molecule has 0 fully saturated rings. The molecule has 252 valence electrons. The largest absolute Gasteiger partial charge is 0.456 e. The van der Waals surface area contributed by atoms with Crippen molar-refractivity contribution in [1.29, 1.82) is 0 Å². The van der Waals surface area contributed by atoms with Gasteiger partial charge < -0.3 is 8.98 Å². The van der Waals surface area contributed by atoms with Gasteiger partial charge in [0.05, 0.1) is 38.7 Å². The molecule has 0 saturated carbocycles. The fourth-order valence-electron chi connectivity index (χ4n) is 6.73. The average molecular weight is 707 g/mol. The van der Waals surface area contributed by atoms with Crippen molar-refractivity contribution in [2.45, 2.75) is 0 Å². The van der Waals surface area contributed by atoms with E-state index in [4.69, 9.17) is 34.4 Å². The molecule has 5 heteroatoms. The maximum atomic E-state index is 10.3. The monoisotopic (exact) mass is 706 g/mol. The van der Waals surface area contributed by atoms with E-state index in [1.165, 1.54) is 0 Å². The van der Waals surface area contributed by atoms with Crippen molar-refractivity contribution in [2.24, 2.45) is 0 Å². The van der Waals surface area contributed by atoms with Crippen LogP contribution >= 0.6 is 0 Å². The van der Waals surface area contributed by atoms with E-state index in [-0.39, 0.29) is 50.2 Å². The lowest BCUT2D eigenvalue weighted by atomic mass is 10.0. The SMILES string of the molecule is [2H]c1c([2H])c([2H])c2c(oc3c([2H])c(-n4c5c([2H])c([2H])c([2H])c([2H])c5c5c([2H])c6c([2H])c([2H])c([2H])c([2H])c6c([2H])c54)c([2H])c(-c4nc(-c5ccccc5)nc(-c5ccc(-c6ccccc6)cc5)n4)c32)c1[2H]. The Balaban J connectivity index is 1.35. The molecular weight excluding hydrogens is 661 g/mol. The van der Waals surface area contributed by atoms with Crippen molar-refractivity contribution in [3.8, 4) is 51.0 Å². The molecule has 0 bridgehead atoms. The Morgan fingerprint density at radius 2 is 1.02 bits per heavy atom. The van der Waals surface area contributed by atoms with Crippen molar-refractivity contribution in [2.75, 3.05) is 0 Å². The first kappa shape index (κ1) is 18.4. The predicted octanol–water partition coefficient (Wildman–Crippen LogP) is 12.7. The summed E-state index contributed by atoms with van der Waals surface area (Å²) in [7, 11) is 0. The Hall–Kier alpha value is -7.37. The molecule has 0 atom stereocenters. The first-order valence-electron chi connectivity index (χ1n) is 24.8. The molecule has 3 aromatic heterocycles. The summed E-state index contributed by atoms with van der Waals surface area (Å²) < 4.78 is 153. The number of para-hydroxylation sites is 2. The number of benzene rings is 8. The quantitative estimate of drug-likeness (QED) is 0.179. The normalized spacial score (nSPS) is 15.9. The van der Waals surface area contributed by atoms with E-state index >= 15 is 0 Å². The Morgan fingerprint density at radius 3 is 1.78 bits per heavy atom. The highest BCUT2D eigenvalue weighted by Gasteiger charge is 2.22. The molecule has 11 aromatic rings. The zero-order valence-corrected chi connectivity index (χ0v) is 27.8. The molecule has 0 aliphatic rings. The van der Waals surface area contributed by atoms with E-state index in [9.17, 15) is 6.85 Å². The van der Waals surface area contributed by atoms with Crippen LogP contribution in [-0.4, -0.2) is 19.5 Å². The van der Waals surface area contributed by atoms with Gasteiger partial charge in [-0.1, -0.05) is 145 Å². The van der Waals surface area contributed by atoms with E-state index in [1.807, 2.05) is 42.5 Å². The molecule has 0 saturated heterocycles. The van der Waals surface area contributed by atoms with Crippen LogP contribution in [0, 0.1) is 0 Å². The molecule has 0 unspecified atom stereocenters. The lowest BCUT2D eigenvalue weighted by molar-refractivity contribution is 0.668. The lowest BCUT2D eigenvalue weighted by Gasteiger charge is -2.13. The van der Waals surface area contributed by atoms with Crippen molar-refractivity contribution in [3.63, 3.8) is 0 Å². The highest BCUT2D eigenvalue weighted by Crippen LogP contribution is 2.41. The molecule has 0 aliphatic carbocycles. The van der Waals surface area contributed by atoms with E-state index in [0.717, 1.165) is 15.7 Å². The maximum Gasteiger partial charge on any atom is 0.164 e. The van der Waals surface area contributed by atoms with Crippen LogP contribution in [0.2, 0.25) is 0 Å². The second-order valence-corrected chi connectivity index (χ2v) is 12.4. The van der Waals surface area contributed by atoms with Crippen LogP contribution < -0.4 is 0 Å². The summed E-state index contributed by atoms with van der Waals surface area (Å²) in [5.74, 6) is -0.0108. The molecule has 0 aliphatic heterocycles. The van der Waals surface area contributed by atoms with Gasteiger partial charge in [0.2, 0.25) is 0 Å². The Morgan fingerprint density at radius 1 is 0.444 bits per heavy atom. The summed E-state index contributed by atoms with van der Waals surface area (Å²) in [5.41, 5.74) is 0.458. The minimum Gasteiger partial charge on any atom is -0.456 e. The van der Waals surface area contributed by atoms with Crippen LogP contribution in [0.4, 0.5) is 0 Å². The van der Waals surface area contributed by atoms with Crippen molar-refractivity contribution in [1.82, 2.24) is 19.5 Å². The fourth-order valence-corrected chi connectivity index (χ4v) is 6.73. The van der Waals surface area contributed by atoms with E-state index in [1.54, 1.807) is 42.5 Å². The molecule has 8 aromatic carbocycles. The molecule has 5 nitrogen and oxygen atoms in total. The van der Waals surface area contributed by atoms with Crippen LogP contribution in [0.1, 0.15) is 21.9 Å². The number of furan rings is 1. The van der Waals surface area contributed by atoms with Gasteiger partial charge in [-0.3, -0.25) is 0 Å². The second-order valence-electron chi connectivity index (χ2n) is 12.4. The van der Waals surface area contributed by atoms with Crippen LogP contribution in [0.25, 0.3) is 105 Å². The maximum absolute atomic E-state index is 10.3. The number of rotatable bonds is 5. The minimum absolute atomic E-state index is 0.112. The van der Waals surface area contributed by atoms with E-state index < -0.39 is 130 Å². The van der Waals surface area contributed by atoms with Crippen molar-refractivity contribution >= 4 is 54.5 Å². The van der Waals surface area contributed by atoms with Crippen LogP contribution in [-0.2, 0) is 0 Å². The summed E-state index contributed by atoms with van der Waals surface area (Å²) >= 11 is 0. The Labute approximate surface area is 332 Å². The van der Waals surface area contributed by atoms with Gasteiger partial charge >= 0.3 is 0 Å². The summed E-state index contributed by atoms with van der Waals surface area (Å²) in [5, 5.41) is -1.89. The summed E-state index contributed by atoms with van der Waals surface area (Å²) in [4.78, 5) is 14.6. The summed E-state index contributed by atoms with van der Waals surface area (Å²) in [6.45, 7) is 0. The first-order chi connectivity index (χ1) is 33.4. The Kier molecular flexibility index (Phi) is 4.13. The number of hydrogen-bond acceptors (Lipinski definition) is 4. The standard InChI is InChI=1S/C49H30N4O/c1-3-13-31(14-4-1)32-23-25-34(26-24-32)48-50-47(33-15-5-2-6-16-33)51-49(52-48)41-29-37(30-45-46(41)39-20-10-12-22-44(39)54-45)53-42-21-11-9-19-38(42)40-27-35-17-7-8-18-36(35)28-43(40)53/h1-30H/i7D,8D,9D,10D,11D,12D,17D,18D,19D,20D,21D,22D,27D,28D,29D,30D. The number of hydrogen-bond donors (Lipinski definition) is 0. The molecule has 3 heterocycles. The zero-order valence-electron chi connectivity index (χ0n) is 43.8. The molecule has 0 radical (unpaired) electrons. The van der Waals surface area contributed by atoms with Crippen molar-refractivity contribution in [3.05, 3.63) is 182 Å². The summed E-state index contributed by atoms with van der Waals surface area (Å²) in [6, 6.07) is 15.1. The number of fused-ring (bicyclic) bond motifs is 7. The van der Waals surface area contributed by atoms with Crippen molar-refractivity contribution < 1.29 is 26.3 Å². The molecule has 0 amide bonds. The van der Waals surface area contributed by atoms with Gasteiger partial charge in [-0.05, 0) is 52.1 Å². The second kappa shape index (κ2) is 12.1. The molecular formula is C49H30N4O. The molecule has 0 N–H and O–H groups in total. The zero-order chi connectivity index (χ0) is 49.5. The molecule has 11 rings (SSSR count). The Bertz CT molecular complexity index is 4120. The number of nitrogens with zero attached hydrogens (tertiary/aromatic N) is 4. The first-order valence-corrected chi connectivity index (χ1v) is 16.8. The van der Waals surface area contributed by atoms with E-state index in [2.05, 4.69) is 0 Å². The minimum atomic E-state index is -0.756. The third-order valence-electron chi connectivity index (χ3n) is 9.21. The number of aromatic nitrogens is 4. The lowest BCUT2D eigenvalue weighted by Crippen LogP contribution is -2.01. The van der Waals surface area contributed by atoms with Crippen LogP contribution in [0.3, 0.4) is 0 Å². The van der Waals surface area contributed by atoms with Gasteiger partial charge in [0.1, 0.15) is 11.2 Å². The van der Waals surface area contributed by atoms with Gasteiger partial charge in [0.25, 0.3) is 0 Å². The smallest absolute Gasteiger partial charge is 0.164 e. The summed E-state index contributed by atoms with van der Waals surface area (Å²) in [6.07, 6.45) is 0. The van der Waals surface area contributed by atoms with Crippen LogP contribution in [0.15, 0.2) is 186 Å². The molecule has 0 spiro atoms. The van der Waals surface area contributed by atoms with Gasteiger partial charge in [-0.25, -0.2) is 15.0 Å². The molecule has 54 heavy (non-hydrogen) atoms. The fraction of sp³-hybridized carbons (Fsp3) is 0. The highest BCUT2D eigenvalue weighted by atomic mass is 16.3. The third-order valence-corrected chi connectivity index (χ3v) is 9.21. The van der Waals surface area contributed by atoms with Gasteiger partial charge in [0.15, 0.2) is 17.5 Å². The third kappa shape index (κ3) is 4.90. The van der Waals surface area contributed by atoms with E-state index in [0.29, 0.717) is 11.1 Å².